The van der Waals surface area contributed by atoms with Gasteiger partial charge in [-0.3, -0.25) is 5.43 Å². The van der Waals surface area contributed by atoms with Crippen LogP contribution in [0.15, 0.2) is 17.0 Å². The van der Waals surface area contributed by atoms with Crippen LogP contribution < -0.4 is 16.6 Å². The summed E-state index contributed by atoms with van der Waals surface area (Å²) in [6.45, 7) is 2.76. The maximum absolute atomic E-state index is 5.42. The Bertz CT molecular complexity index is 725. The summed E-state index contributed by atoms with van der Waals surface area (Å²) in [6, 6.07) is 2.11. The number of rotatable bonds is 6. The lowest BCUT2D eigenvalue weighted by Gasteiger charge is -2.07. The van der Waals surface area contributed by atoms with Crippen LogP contribution in [0.4, 0.5) is 11.8 Å². The topological polar surface area (TPSA) is 115 Å². The molecular formula is C12H15N7OS. The molecule has 0 unspecified atom stereocenters. The summed E-state index contributed by atoms with van der Waals surface area (Å²) >= 11 is 1.65. The molecule has 0 spiro atoms. The molecule has 0 amide bonds. The first kappa shape index (κ1) is 13.7. The zero-order valence-electron chi connectivity index (χ0n) is 11.5. The maximum atomic E-state index is 5.42. The Morgan fingerprint density at radius 2 is 2.29 bits per heavy atom. The minimum absolute atomic E-state index is 0.397. The molecule has 3 rings (SSSR count). The molecule has 0 aliphatic heterocycles. The molecule has 3 heterocycles. The van der Waals surface area contributed by atoms with Gasteiger partial charge in [-0.05, 0) is 12.5 Å². The molecule has 0 atom stereocenters. The minimum atomic E-state index is 0.397. The highest BCUT2D eigenvalue weighted by atomic mass is 32.1. The average Bonchev–Trinajstić information content (AvgIpc) is 3.15. The first-order chi connectivity index (χ1) is 10.3. The number of thiophene rings is 1. The van der Waals surface area contributed by atoms with Gasteiger partial charge < -0.3 is 9.84 Å². The predicted octanol–water partition coefficient (Wildman–Crippen LogP) is 1.58. The van der Waals surface area contributed by atoms with E-state index in [1.807, 2.05) is 0 Å². The summed E-state index contributed by atoms with van der Waals surface area (Å²) < 4.78 is 4.70. The number of nitrogens with two attached hydrogens (primary N) is 1. The fourth-order valence-corrected chi connectivity index (χ4v) is 2.91. The number of fused-ring (bicyclic) bond motifs is 1. The molecule has 0 saturated heterocycles. The van der Waals surface area contributed by atoms with Crippen molar-refractivity contribution in [2.75, 3.05) is 17.3 Å². The molecule has 0 aliphatic carbocycles. The van der Waals surface area contributed by atoms with Crippen LogP contribution in [-0.2, 0) is 12.8 Å². The summed E-state index contributed by atoms with van der Waals surface area (Å²) in [4.78, 5) is 14.9. The summed E-state index contributed by atoms with van der Waals surface area (Å²) in [5.41, 5.74) is 2.50. The van der Waals surface area contributed by atoms with Gasteiger partial charge in [-0.2, -0.15) is 9.97 Å². The molecule has 0 aliphatic rings. The van der Waals surface area contributed by atoms with Crippen molar-refractivity contribution >= 4 is 33.3 Å². The van der Waals surface area contributed by atoms with E-state index in [1.54, 1.807) is 11.3 Å². The fourth-order valence-electron chi connectivity index (χ4n) is 1.94. The standard InChI is InChI=1S/C12H15N7OS/c1-2-7-5-8-10(14-4-3-9-15-6-20-19-9)16-12(18-13)17-11(8)21-7/h5-6H,2-4,13H2,1H3,(H2,14,16,17,18). The number of aryl methyl sites for hydroxylation is 1. The highest BCUT2D eigenvalue weighted by Gasteiger charge is 2.11. The second kappa shape index (κ2) is 6.02. The van der Waals surface area contributed by atoms with Gasteiger partial charge in [-0.1, -0.05) is 12.1 Å². The normalized spacial score (nSPS) is 11.0. The van der Waals surface area contributed by atoms with E-state index in [4.69, 9.17) is 10.4 Å². The lowest BCUT2D eigenvalue weighted by Crippen LogP contribution is -2.13. The van der Waals surface area contributed by atoms with Gasteiger partial charge in [0.25, 0.3) is 0 Å². The molecule has 4 N–H and O–H groups in total. The van der Waals surface area contributed by atoms with Crippen LogP contribution in [0.2, 0.25) is 0 Å². The number of nitrogens with zero attached hydrogens (tertiary/aromatic N) is 4. The van der Waals surface area contributed by atoms with Crippen LogP contribution in [0.25, 0.3) is 10.2 Å². The van der Waals surface area contributed by atoms with Crippen LogP contribution in [-0.4, -0.2) is 26.7 Å². The zero-order valence-corrected chi connectivity index (χ0v) is 12.3. The van der Waals surface area contributed by atoms with Crippen molar-refractivity contribution in [1.29, 1.82) is 0 Å². The number of aromatic nitrogens is 4. The van der Waals surface area contributed by atoms with Crippen molar-refractivity contribution in [2.24, 2.45) is 5.84 Å². The van der Waals surface area contributed by atoms with E-state index in [9.17, 15) is 0 Å². The van der Waals surface area contributed by atoms with Crippen LogP contribution in [0.5, 0.6) is 0 Å². The van der Waals surface area contributed by atoms with Gasteiger partial charge in [0.05, 0.1) is 5.39 Å². The van der Waals surface area contributed by atoms with Crippen LogP contribution in [0, 0.1) is 0 Å². The zero-order chi connectivity index (χ0) is 14.7. The van der Waals surface area contributed by atoms with Crippen LogP contribution in [0.3, 0.4) is 0 Å². The van der Waals surface area contributed by atoms with Gasteiger partial charge in [0.15, 0.2) is 5.82 Å². The van der Waals surface area contributed by atoms with Gasteiger partial charge in [0, 0.05) is 17.8 Å². The Balaban J connectivity index is 1.83. The Hall–Kier alpha value is -2.26. The first-order valence-electron chi connectivity index (χ1n) is 6.56. The third-order valence-corrected chi connectivity index (χ3v) is 4.14. The molecule has 110 valence electrons. The summed E-state index contributed by atoms with van der Waals surface area (Å²) in [5, 5.41) is 8.05. The highest BCUT2D eigenvalue weighted by molar-refractivity contribution is 7.18. The van der Waals surface area contributed by atoms with Gasteiger partial charge >= 0.3 is 0 Å². The van der Waals surface area contributed by atoms with Crippen LogP contribution >= 0.6 is 11.3 Å². The van der Waals surface area contributed by atoms with Crippen molar-refractivity contribution in [1.82, 2.24) is 20.1 Å². The molecule has 9 heteroatoms. The number of nitrogen functional groups attached to an aromatic ring is 1. The minimum Gasteiger partial charge on any atom is -0.369 e. The predicted molar refractivity (Wildman–Crippen MR) is 81.1 cm³/mol. The Morgan fingerprint density at radius 3 is 3.00 bits per heavy atom. The van der Waals surface area contributed by atoms with Gasteiger partial charge in [0.1, 0.15) is 10.6 Å². The Labute approximate surface area is 124 Å². The lowest BCUT2D eigenvalue weighted by atomic mass is 10.3. The number of hydrogen-bond donors (Lipinski definition) is 3. The number of hydrazine groups is 1. The highest BCUT2D eigenvalue weighted by Crippen LogP contribution is 2.30. The molecule has 3 aromatic rings. The smallest absolute Gasteiger partial charge is 0.240 e. The third-order valence-electron chi connectivity index (χ3n) is 2.97. The molecule has 0 bridgehead atoms. The number of nitrogens with one attached hydrogen (secondary N) is 2. The molecule has 0 fully saturated rings. The van der Waals surface area contributed by atoms with Gasteiger partial charge in [-0.15, -0.1) is 11.3 Å². The van der Waals surface area contributed by atoms with E-state index in [-0.39, 0.29) is 0 Å². The van der Waals surface area contributed by atoms with Crippen molar-refractivity contribution in [3.8, 4) is 0 Å². The second-order valence-electron chi connectivity index (χ2n) is 4.35. The van der Waals surface area contributed by atoms with Crippen molar-refractivity contribution in [3.05, 3.63) is 23.2 Å². The molecule has 0 radical (unpaired) electrons. The summed E-state index contributed by atoms with van der Waals surface area (Å²) in [6.07, 6.45) is 2.94. The van der Waals surface area contributed by atoms with E-state index in [0.717, 1.165) is 22.5 Å². The quantitative estimate of drug-likeness (QED) is 0.464. The first-order valence-corrected chi connectivity index (χ1v) is 7.38. The van der Waals surface area contributed by atoms with Crippen LogP contribution in [0.1, 0.15) is 17.6 Å². The lowest BCUT2D eigenvalue weighted by molar-refractivity contribution is 0.410. The van der Waals surface area contributed by atoms with E-state index in [0.29, 0.717) is 24.7 Å². The van der Waals surface area contributed by atoms with Crippen molar-refractivity contribution in [2.45, 2.75) is 19.8 Å². The summed E-state index contributed by atoms with van der Waals surface area (Å²) in [7, 11) is 0. The Morgan fingerprint density at radius 1 is 1.38 bits per heavy atom. The van der Waals surface area contributed by atoms with E-state index >= 15 is 0 Å². The van der Waals surface area contributed by atoms with E-state index in [1.165, 1.54) is 11.3 Å². The van der Waals surface area contributed by atoms with Crippen molar-refractivity contribution < 1.29 is 4.52 Å². The molecular weight excluding hydrogens is 290 g/mol. The number of anilines is 2. The summed E-state index contributed by atoms with van der Waals surface area (Å²) in [5.74, 6) is 7.24. The number of hydrogen-bond acceptors (Lipinski definition) is 9. The third kappa shape index (κ3) is 2.93. The van der Waals surface area contributed by atoms with Gasteiger partial charge in [0.2, 0.25) is 12.3 Å². The largest absolute Gasteiger partial charge is 0.369 e. The fraction of sp³-hybridized carbons (Fsp3) is 0.333. The monoisotopic (exact) mass is 305 g/mol. The SMILES string of the molecule is CCc1cc2c(NCCc3ncon3)nc(NN)nc2s1. The van der Waals surface area contributed by atoms with E-state index in [2.05, 4.69) is 43.8 Å². The molecule has 8 nitrogen and oxygen atoms in total. The molecule has 21 heavy (non-hydrogen) atoms. The molecule has 0 aromatic carbocycles. The van der Waals surface area contributed by atoms with Crippen molar-refractivity contribution in [3.63, 3.8) is 0 Å². The molecule has 3 aromatic heterocycles. The maximum Gasteiger partial charge on any atom is 0.240 e. The average molecular weight is 305 g/mol. The van der Waals surface area contributed by atoms with E-state index < -0.39 is 0 Å². The Kier molecular flexibility index (Phi) is 3.93. The second-order valence-corrected chi connectivity index (χ2v) is 5.46. The van der Waals surface area contributed by atoms with Gasteiger partial charge in [-0.25, -0.2) is 10.8 Å². The molecule has 0 saturated carbocycles.